The molecule has 20 heavy (non-hydrogen) atoms. The van der Waals surface area contributed by atoms with Crippen LogP contribution < -0.4 is 0 Å². The molecule has 0 bridgehead atoms. The first kappa shape index (κ1) is 14.3. The molecule has 4 heteroatoms. The van der Waals surface area contributed by atoms with E-state index in [0.717, 1.165) is 16.8 Å². The lowest BCUT2D eigenvalue weighted by atomic mass is 10.0. The first-order valence-corrected chi connectivity index (χ1v) is 6.72. The van der Waals surface area contributed by atoms with Gasteiger partial charge in [0.05, 0.1) is 18.2 Å². The van der Waals surface area contributed by atoms with Gasteiger partial charge in [-0.05, 0) is 38.8 Å². The summed E-state index contributed by atoms with van der Waals surface area (Å²) in [6.45, 7) is 6.39. The summed E-state index contributed by atoms with van der Waals surface area (Å²) in [6.07, 6.45) is 4.38. The van der Waals surface area contributed by atoms with Crippen LogP contribution in [-0.4, -0.2) is 20.6 Å². The van der Waals surface area contributed by atoms with Crippen LogP contribution in [0.1, 0.15) is 32.8 Å². The lowest BCUT2D eigenvalue weighted by molar-refractivity contribution is -0.136. The number of hydrogen-bond donors (Lipinski definition) is 1. The maximum atomic E-state index is 10.7. The minimum absolute atomic E-state index is 0.0388. The molecular weight excluding hydrogens is 252 g/mol. The van der Waals surface area contributed by atoms with Crippen molar-refractivity contribution in [1.82, 2.24) is 9.55 Å². The first-order valence-electron chi connectivity index (χ1n) is 6.72. The number of rotatable bonds is 4. The van der Waals surface area contributed by atoms with Crippen LogP contribution in [0.3, 0.4) is 0 Å². The monoisotopic (exact) mass is 272 g/mol. The van der Waals surface area contributed by atoms with E-state index in [1.165, 1.54) is 0 Å². The topological polar surface area (TPSA) is 55.1 Å². The molecule has 1 aromatic carbocycles. The number of imidazole rings is 1. The Morgan fingerprint density at radius 1 is 1.35 bits per heavy atom. The summed E-state index contributed by atoms with van der Waals surface area (Å²) < 4.78 is 2.13. The van der Waals surface area contributed by atoms with Gasteiger partial charge < -0.3 is 9.67 Å². The lowest BCUT2D eigenvalue weighted by Crippen LogP contribution is -2.21. The largest absolute Gasteiger partial charge is 0.481 e. The predicted molar refractivity (Wildman–Crippen MR) is 78.6 cm³/mol. The Morgan fingerprint density at radius 2 is 2.10 bits per heavy atom. The number of carbonyl (C=O) groups is 1. The van der Waals surface area contributed by atoms with Gasteiger partial charge in [-0.3, -0.25) is 4.79 Å². The summed E-state index contributed by atoms with van der Waals surface area (Å²) >= 11 is 0. The van der Waals surface area contributed by atoms with Gasteiger partial charge in [0.15, 0.2) is 0 Å². The van der Waals surface area contributed by atoms with Crippen LogP contribution in [0.2, 0.25) is 0 Å². The fraction of sp³-hybridized carbons (Fsp3) is 0.375. The van der Waals surface area contributed by atoms with E-state index in [0.29, 0.717) is 6.42 Å². The fourth-order valence-electron chi connectivity index (χ4n) is 2.18. The second-order valence-electron chi connectivity index (χ2n) is 5.91. The predicted octanol–water partition coefficient (Wildman–Crippen LogP) is 3.32. The molecule has 0 unspecified atom stereocenters. The van der Waals surface area contributed by atoms with E-state index in [9.17, 15) is 4.79 Å². The minimum atomic E-state index is -0.768. The fourth-order valence-corrected chi connectivity index (χ4v) is 2.18. The van der Waals surface area contributed by atoms with E-state index >= 15 is 0 Å². The molecule has 0 spiro atoms. The standard InChI is InChI=1S/C16H20N2O2/c1-16(2,3)18-11-17-10-14(18)13-6-4-5-12(9-13)7-8-15(19)20/h4-6,9-11H,7-8H2,1-3H3,(H,19,20). The zero-order valence-corrected chi connectivity index (χ0v) is 12.1. The molecule has 0 saturated heterocycles. The summed E-state index contributed by atoms with van der Waals surface area (Å²) in [5.74, 6) is -0.768. The normalized spacial score (nSPS) is 11.6. The molecule has 0 radical (unpaired) electrons. The molecule has 0 saturated carbocycles. The van der Waals surface area contributed by atoms with Crippen molar-refractivity contribution in [3.8, 4) is 11.3 Å². The highest BCUT2D eigenvalue weighted by Crippen LogP contribution is 2.26. The van der Waals surface area contributed by atoms with Gasteiger partial charge in [-0.1, -0.05) is 18.2 Å². The van der Waals surface area contributed by atoms with Crippen molar-refractivity contribution in [3.63, 3.8) is 0 Å². The van der Waals surface area contributed by atoms with Gasteiger partial charge in [-0.15, -0.1) is 0 Å². The highest BCUT2D eigenvalue weighted by atomic mass is 16.4. The number of carboxylic acids is 1. The van der Waals surface area contributed by atoms with E-state index in [-0.39, 0.29) is 12.0 Å². The Morgan fingerprint density at radius 3 is 2.75 bits per heavy atom. The third-order valence-corrected chi connectivity index (χ3v) is 3.21. The third kappa shape index (κ3) is 3.26. The summed E-state index contributed by atoms with van der Waals surface area (Å²) in [6, 6.07) is 8.00. The van der Waals surface area contributed by atoms with Gasteiger partial charge in [0.1, 0.15) is 0 Å². The molecule has 0 atom stereocenters. The molecule has 1 heterocycles. The number of nitrogens with zero attached hydrogens (tertiary/aromatic N) is 2. The Bertz CT molecular complexity index is 609. The number of aliphatic carboxylic acids is 1. The smallest absolute Gasteiger partial charge is 0.303 e. The maximum Gasteiger partial charge on any atom is 0.303 e. The average molecular weight is 272 g/mol. The van der Waals surface area contributed by atoms with Crippen LogP contribution >= 0.6 is 0 Å². The van der Waals surface area contributed by atoms with Crippen LogP contribution in [0.25, 0.3) is 11.3 Å². The van der Waals surface area contributed by atoms with Gasteiger partial charge in [0, 0.05) is 17.5 Å². The van der Waals surface area contributed by atoms with Crippen molar-refractivity contribution in [2.24, 2.45) is 0 Å². The van der Waals surface area contributed by atoms with Crippen molar-refractivity contribution < 1.29 is 9.90 Å². The van der Waals surface area contributed by atoms with E-state index in [4.69, 9.17) is 5.11 Å². The van der Waals surface area contributed by atoms with Crippen LogP contribution in [0.15, 0.2) is 36.8 Å². The van der Waals surface area contributed by atoms with Gasteiger partial charge in [-0.2, -0.15) is 0 Å². The molecule has 0 aliphatic heterocycles. The van der Waals surface area contributed by atoms with Crippen molar-refractivity contribution in [1.29, 1.82) is 0 Å². The Balaban J connectivity index is 2.32. The molecule has 0 amide bonds. The second-order valence-corrected chi connectivity index (χ2v) is 5.91. The molecule has 0 fully saturated rings. The molecule has 0 aliphatic carbocycles. The van der Waals surface area contributed by atoms with Crippen molar-refractivity contribution in [2.75, 3.05) is 0 Å². The lowest BCUT2D eigenvalue weighted by Gasteiger charge is -2.23. The molecule has 1 aromatic heterocycles. The SMILES string of the molecule is CC(C)(C)n1cncc1-c1cccc(CCC(=O)O)c1. The molecule has 2 rings (SSSR count). The van der Waals surface area contributed by atoms with Crippen molar-refractivity contribution in [3.05, 3.63) is 42.4 Å². The molecule has 1 N–H and O–H groups in total. The van der Waals surface area contributed by atoms with E-state index in [1.807, 2.05) is 36.8 Å². The maximum absolute atomic E-state index is 10.7. The van der Waals surface area contributed by atoms with Crippen molar-refractivity contribution >= 4 is 5.97 Å². The van der Waals surface area contributed by atoms with E-state index in [1.54, 1.807) is 0 Å². The molecule has 2 aromatic rings. The minimum Gasteiger partial charge on any atom is -0.481 e. The van der Waals surface area contributed by atoms with Gasteiger partial charge in [0.25, 0.3) is 0 Å². The summed E-state index contributed by atoms with van der Waals surface area (Å²) in [5.41, 5.74) is 3.12. The van der Waals surface area contributed by atoms with Crippen molar-refractivity contribution in [2.45, 2.75) is 39.2 Å². The number of benzene rings is 1. The van der Waals surface area contributed by atoms with Gasteiger partial charge in [0.2, 0.25) is 0 Å². The number of carboxylic acid groups (broad SMARTS) is 1. The van der Waals surface area contributed by atoms with Crippen LogP contribution in [-0.2, 0) is 16.8 Å². The number of hydrogen-bond acceptors (Lipinski definition) is 2. The van der Waals surface area contributed by atoms with Gasteiger partial charge >= 0.3 is 5.97 Å². The Kier molecular flexibility index (Phi) is 3.93. The molecule has 0 aliphatic rings. The Labute approximate surface area is 119 Å². The highest BCUT2D eigenvalue weighted by Gasteiger charge is 2.17. The number of aryl methyl sites for hydroxylation is 1. The van der Waals surface area contributed by atoms with Gasteiger partial charge in [-0.25, -0.2) is 4.98 Å². The highest BCUT2D eigenvalue weighted by molar-refractivity contribution is 5.67. The molecule has 106 valence electrons. The summed E-state index contributed by atoms with van der Waals surface area (Å²) in [4.78, 5) is 14.9. The number of aromatic nitrogens is 2. The zero-order chi connectivity index (χ0) is 14.8. The van der Waals surface area contributed by atoms with E-state index in [2.05, 4.69) is 30.3 Å². The van der Waals surface area contributed by atoms with Crippen LogP contribution in [0.5, 0.6) is 0 Å². The Hall–Kier alpha value is -2.10. The summed E-state index contributed by atoms with van der Waals surface area (Å²) in [7, 11) is 0. The molecular formula is C16H20N2O2. The van der Waals surface area contributed by atoms with Crippen LogP contribution in [0, 0.1) is 0 Å². The summed E-state index contributed by atoms with van der Waals surface area (Å²) in [5, 5.41) is 8.76. The molecule has 4 nitrogen and oxygen atoms in total. The average Bonchev–Trinajstić information content (AvgIpc) is 2.86. The quantitative estimate of drug-likeness (QED) is 0.928. The third-order valence-electron chi connectivity index (χ3n) is 3.21. The zero-order valence-electron chi connectivity index (χ0n) is 12.1. The van der Waals surface area contributed by atoms with E-state index < -0.39 is 5.97 Å². The second kappa shape index (κ2) is 5.49. The first-order chi connectivity index (χ1) is 9.38. The van der Waals surface area contributed by atoms with Crippen LogP contribution in [0.4, 0.5) is 0 Å².